The minimum Gasteiger partial charge on any atom is -0.330 e. The molecule has 0 saturated carbocycles. The van der Waals surface area contributed by atoms with E-state index in [1.54, 1.807) is 12.1 Å². The van der Waals surface area contributed by atoms with Crippen LogP contribution >= 0.6 is 23.2 Å². The van der Waals surface area contributed by atoms with Crippen molar-refractivity contribution in [1.29, 1.82) is 0 Å². The van der Waals surface area contributed by atoms with Crippen LogP contribution < -0.4 is 5.32 Å². The molecular formula is C14H18Cl2N2O2. The summed E-state index contributed by atoms with van der Waals surface area (Å²) in [6.45, 7) is 7.91. The van der Waals surface area contributed by atoms with Crippen LogP contribution in [0.15, 0.2) is 18.2 Å². The van der Waals surface area contributed by atoms with Crippen molar-refractivity contribution in [2.75, 3.05) is 11.9 Å². The number of nitrogens with one attached hydrogen (secondary N) is 1. The molecule has 0 spiro atoms. The summed E-state index contributed by atoms with van der Waals surface area (Å²) in [6, 6.07) is 4.65. The van der Waals surface area contributed by atoms with E-state index in [4.69, 9.17) is 23.2 Å². The van der Waals surface area contributed by atoms with E-state index in [-0.39, 0.29) is 0 Å². The van der Waals surface area contributed by atoms with Gasteiger partial charge in [0.2, 0.25) is 0 Å². The Morgan fingerprint density at radius 3 is 2.25 bits per heavy atom. The van der Waals surface area contributed by atoms with E-state index in [0.29, 0.717) is 22.3 Å². The summed E-state index contributed by atoms with van der Waals surface area (Å²) in [4.78, 5) is 25.6. The maximum atomic E-state index is 12.1. The molecule has 0 aromatic heterocycles. The number of anilines is 1. The van der Waals surface area contributed by atoms with E-state index in [0.717, 1.165) is 0 Å². The van der Waals surface area contributed by atoms with Crippen molar-refractivity contribution in [3.63, 3.8) is 0 Å². The smallest absolute Gasteiger partial charge is 0.313 e. The molecule has 0 radical (unpaired) electrons. The van der Waals surface area contributed by atoms with Crippen LogP contribution in [0.25, 0.3) is 0 Å². The van der Waals surface area contributed by atoms with Gasteiger partial charge in [-0.2, -0.15) is 0 Å². The number of hydrogen-bond donors (Lipinski definition) is 1. The number of rotatable bonds is 2. The van der Waals surface area contributed by atoms with Gasteiger partial charge in [-0.3, -0.25) is 9.59 Å². The van der Waals surface area contributed by atoms with Gasteiger partial charge in [-0.1, -0.05) is 23.2 Å². The fourth-order valence-electron chi connectivity index (χ4n) is 1.80. The highest BCUT2D eigenvalue weighted by Gasteiger charge is 2.29. The summed E-state index contributed by atoms with van der Waals surface area (Å²) in [5.41, 5.74) is 0.0172. The largest absolute Gasteiger partial charge is 0.330 e. The molecule has 4 nitrogen and oxygen atoms in total. The zero-order valence-corrected chi connectivity index (χ0v) is 13.5. The van der Waals surface area contributed by atoms with Crippen LogP contribution in [-0.4, -0.2) is 28.8 Å². The van der Waals surface area contributed by atoms with Crippen LogP contribution in [0.4, 0.5) is 5.69 Å². The molecule has 0 aliphatic rings. The molecule has 6 heteroatoms. The summed E-state index contributed by atoms with van der Waals surface area (Å²) in [6.07, 6.45) is 0. The van der Waals surface area contributed by atoms with Gasteiger partial charge in [0.25, 0.3) is 0 Å². The van der Waals surface area contributed by atoms with Crippen molar-refractivity contribution < 1.29 is 9.59 Å². The van der Waals surface area contributed by atoms with E-state index in [1.807, 2.05) is 27.7 Å². The monoisotopic (exact) mass is 316 g/mol. The Bertz CT molecular complexity index is 524. The molecule has 0 aliphatic carbocycles. The molecular weight excluding hydrogens is 299 g/mol. The lowest BCUT2D eigenvalue weighted by molar-refractivity contribution is -0.146. The third-order valence-corrected chi connectivity index (χ3v) is 3.48. The minimum atomic E-state index is -0.694. The first-order chi connectivity index (χ1) is 9.16. The second-order valence-electron chi connectivity index (χ2n) is 5.30. The molecule has 0 unspecified atom stereocenters. The molecule has 1 aromatic rings. The molecule has 0 saturated heterocycles. The third kappa shape index (κ3) is 4.12. The average Bonchev–Trinajstić information content (AvgIpc) is 2.32. The van der Waals surface area contributed by atoms with E-state index in [2.05, 4.69) is 5.32 Å². The number of carbonyl (C=O) groups excluding carboxylic acids is 2. The maximum absolute atomic E-state index is 12.1. The first-order valence-electron chi connectivity index (χ1n) is 6.24. The normalized spacial score (nSPS) is 11.1. The molecule has 110 valence electrons. The average molecular weight is 317 g/mol. The summed E-state index contributed by atoms with van der Waals surface area (Å²) < 4.78 is 0. The second kappa shape index (κ2) is 6.46. The van der Waals surface area contributed by atoms with Crippen molar-refractivity contribution in [2.24, 2.45) is 0 Å². The van der Waals surface area contributed by atoms with Crippen molar-refractivity contribution in [1.82, 2.24) is 4.90 Å². The Morgan fingerprint density at radius 2 is 1.80 bits per heavy atom. The highest BCUT2D eigenvalue weighted by molar-refractivity contribution is 6.43. The Hall–Kier alpha value is -1.26. The van der Waals surface area contributed by atoms with Gasteiger partial charge in [0, 0.05) is 17.8 Å². The zero-order valence-electron chi connectivity index (χ0n) is 12.0. The van der Waals surface area contributed by atoms with Crippen LogP contribution in [-0.2, 0) is 9.59 Å². The molecule has 20 heavy (non-hydrogen) atoms. The first-order valence-corrected chi connectivity index (χ1v) is 7.00. The van der Waals surface area contributed by atoms with Gasteiger partial charge in [-0.25, -0.2) is 0 Å². The Morgan fingerprint density at radius 1 is 1.20 bits per heavy atom. The molecule has 1 N–H and O–H groups in total. The fraction of sp³-hybridized carbons (Fsp3) is 0.429. The van der Waals surface area contributed by atoms with E-state index < -0.39 is 17.4 Å². The number of likely N-dealkylation sites (N-methyl/N-ethyl adjacent to an activating group) is 1. The van der Waals surface area contributed by atoms with Gasteiger partial charge in [-0.15, -0.1) is 0 Å². The summed E-state index contributed by atoms with van der Waals surface area (Å²) in [7, 11) is 0. The predicted octanol–water partition coefficient (Wildman–Crippen LogP) is 3.58. The van der Waals surface area contributed by atoms with E-state index in [1.165, 1.54) is 11.0 Å². The Kier molecular flexibility index (Phi) is 5.42. The van der Waals surface area contributed by atoms with Gasteiger partial charge in [0.1, 0.15) is 0 Å². The standard InChI is InChI=1S/C14H18Cl2N2O2/c1-5-18(14(2,3)4)13(20)12(19)17-9-6-7-10(15)11(16)8-9/h6-8H,5H2,1-4H3,(H,17,19). The maximum Gasteiger partial charge on any atom is 0.313 e. The molecule has 1 aromatic carbocycles. The number of carbonyl (C=O) groups is 2. The quantitative estimate of drug-likeness (QED) is 0.848. The zero-order chi connectivity index (χ0) is 15.5. The summed E-state index contributed by atoms with van der Waals surface area (Å²) in [5.74, 6) is -1.27. The molecule has 2 amide bonds. The fourth-order valence-corrected chi connectivity index (χ4v) is 2.10. The van der Waals surface area contributed by atoms with Gasteiger partial charge in [0.15, 0.2) is 0 Å². The lowest BCUT2D eigenvalue weighted by atomic mass is 10.1. The van der Waals surface area contributed by atoms with Crippen LogP contribution in [0.1, 0.15) is 27.7 Å². The second-order valence-corrected chi connectivity index (χ2v) is 6.12. The van der Waals surface area contributed by atoms with Crippen molar-refractivity contribution >= 4 is 40.7 Å². The van der Waals surface area contributed by atoms with Gasteiger partial charge in [-0.05, 0) is 45.9 Å². The van der Waals surface area contributed by atoms with Crippen LogP contribution in [0, 0.1) is 0 Å². The topological polar surface area (TPSA) is 49.4 Å². The lowest BCUT2D eigenvalue weighted by Crippen LogP contribution is -2.49. The Labute approximate surface area is 129 Å². The Balaban J connectivity index is 2.85. The molecule has 0 atom stereocenters. The highest BCUT2D eigenvalue weighted by atomic mass is 35.5. The number of benzene rings is 1. The van der Waals surface area contributed by atoms with Gasteiger partial charge < -0.3 is 10.2 Å². The van der Waals surface area contributed by atoms with Crippen LogP contribution in [0.2, 0.25) is 10.0 Å². The number of nitrogens with zero attached hydrogens (tertiary/aromatic N) is 1. The number of hydrogen-bond acceptors (Lipinski definition) is 2. The molecule has 1 rings (SSSR count). The van der Waals surface area contributed by atoms with Crippen LogP contribution in [0.5, 0.6) is 0 Å². The molecule has 0 fully saturated rings. The van der Waals surface area contributed by atoms with Crippen molar-refractivity contribution in [3.05, 3.63) is 28.2 Å². The van der Waals surface area contributed by atoms with E-state index in [9.17, 15) is 9.59 Å². The minimum absolute atomic E-state index is 0.320. The van der Waals surface area contributed by atoms with Crippen LogP contribution in [0.3, 0.4) is 0 Å². The molecule has 0 aliphatic heterocycles. The van der Waals surface area contributed by atoms with E-state index >= 15 is 0 Å². The van der Waals surface area contributed by atoms with Crippen molar-refractivity contribution in [3.8, 4) is 0 Å². The van der Waals surface area contributed by atoms with Crippen molar-refractivity contribution in [2.45, 2.75) is 33.2 Å². The third-order valence-electron chi connectivity index (χ3n) is 2.74. The summed E-state index contributed by atoms with van der Waals surface area (Å²) in [5, 5.41) is 3.23. The first kappa shape index (κ1) is 16.8. The van der Waals surface area contributed by atoms with Gasteiger partial charge >= 0.3 is 11.8 Å². The molecule has 0 heterocycles. The molecule has 0 bridgehead atoms. The number of amides is 2. The summed E-state index contributed by atoms with van der Waals surface area (Å²) >= 11 is 11.7. The SMILES string of the molecule is CCN(C(=O)C(=O)Nc1ccc(Cl)c(Cl)c1)C(C)(C)C. The van der Waals surface area contributed by atoms with Gasteiger partial charge in [0.05, 0.1) is 10.0 Å². The highest BCUT2D eigenvalue weighted by Crippen LogP contribution is 2.25. The number of halogens is 2. The lowest BCUT2D eigenvalue weighted by Gasteiger charge is -2.34. The predicted molar refractivity (Wildman–Crippen MR) is 82.2 cm³/mol.